The van der Waals surface area contributed by atoms with Crippen molar-refractivity contribution in [2.24, 2.45) is 0 Å². The highest BCUT2D eigenvalue weighted by atomic mass is 79.9. The standard InChI is InChI=1S/C14H13BrN2O3/c1-3-10-7-13(17-8(2)16-10)20-12-6-9(15)4-5-11(12)14(18)19/h4-7H,3H2,1-2H3,(H,18,19). The summed E-state index contributed by atoms with van der Waals surface area (Å²) in [6, 6.07) is 6.45. The van der Waals surface area contributed by atoms with Crippen LogP contribution in [0.3, 0.4) is 0 Å². The van der Waals surface area contributed by atoms with Gasteiger partial charge in [-0.1, -0.05) is 22.9 Å². The number of hydrogen-bond acceptors (Lipinski definition) is 4. The molecule has 0 aliphatic heterocycles. The fourth-order valence-corrected chi connectivity index (χ4v) is 2.04. The van der Waals surface area contributed by atoms with Gasteiger partial charge in [0, 0.05) is 16.2 Å². The van der Waals surface area contributed by atoms with Gasteiger partial charge in [0.25, 0.3) is 0 Å². The van der Waals surface area contributed by atoms with E-state index in [4.69, 9.17) is 9.84 Å². The second kappa shape index (κ2) is 6.00. The predicted octanol–water partition coefficient (Wildman–Crippen LogP) is 3.60. The first kappa shape index (κ1) is 14.5. The van der Waals surface area contributed by atoms with Crippen molar-refractivity contribution in [2.75, 3.05) is 0 Å². The van der Waals surface area contributed by atoms with Crippen LogP contribution in [-0.4, -0.2) is 21.0 Å². The molecule has 6 heteroatoms. The Kier molecular flexibility index (Phi) is 4.34. The van der Waals surface area contributed by atoms with Crippen LogP contribution < -0.4 is 4.74 Å². The van der Waals surface area contributed by atoms with Gasteiger partial charge in [0.05, 0.1) is 0 Å². The van der Waals surface area contributed by atoms with Crippen LogP contribution in [-0.2, 0) is 6.42 Å². The van der Waals surface area contributed by atoms with E-state index in [1.807, 2.05) is 6.92 Å². The van der Waals surface area contributed by atoms with Crippen molar-refractivity contribution in [1.82, 2.24) is 9.97 Å². The number of halogens is 1. The second-order valence-electron chi connectivity index (χ2n) is 4.15. The van der Waals surface area contributed by atoms with Crippen molar-refractivity contribution in [2.45, 2.75) is 20.3 Å². The summed E-state index contributed by atoms with van der Waals surface area (Å²) in [6.45, 7) is 3.75. The normalized spacial score (nSPS) is 10.3. The van der Waals surface area contributed by atoms with Gasteiger partial charge in [-0.2, -0.15) is 4.98 Å². The molecular formula is C14H13BrN2O3. The number of carbonyl (C=O) groups is 1. The average Bonchev–Trinajstić information content (AvgIpc) is 2.37. The van der Waals surface area contributed by atoms with Crippen molar-refractivity contribution in [1.29, 1.82) is 0 Å². The number of rotatable bonds is 4. The fraction of sp³-hybridized carbons (Fsp3) is 0.214. The number of nitrogens with zero attached hydrogens (tertiary/aromatic N) is 2. The molecule has 0 atom stereocenters. The van der Waals surface area contributed by atoms with Crippen LogP contribution in [0.2, 0.25) is 0 Å². The van der Waals surface area contributed by atoms with Crippen LogP contribution in [0.1, 0.15) is 28.8 Å². The maximum absolute atomic E-state index is 11.2. The SMILES string of the molecule is CCc1cc(Oc2cc(Br)ccc2C(=O)O)nc(C)n1. The summed E-state index contributed by atoms with van der Waals surface area (Å²) >= 11 is 3.30. The van der Waals surface area contributed by atoms with Crippen molar-refractivity contribution in [3.05, 3.63) is 45.8 Å². The first-order valence-electron chi connectivity index (χ1n) is 6.05. The molecule has 0 fully saturated rings. The van der Waals surface area contributed by atoms with Crippen LogP contribution >= 0.6 is 15.9 Å². The minimum atomic E-state index is -1.05. The molecule has 2 rings (SSSR count). The van der Waals surface area contributed by atoms with E-state index >= 15 is 0 Å². The number of carboxylic acids is 1. The Morgan fingerprint density at radius 3 is 2.75 bits per heavy atom. The Labute approximate surface area is 124 Å². The van der Waals surface area contributed by atoms with E-state index in [0.717, 1.165) is 16.6 Å². The lowest BCUT2D eigenvalue weighted by Crippen LogP contribution is -2.02. The van der Waals surface area contributed by atoms with E-state index in [0.29, 0.717) is 11.7 Å². The second-order valence-corrected chi connectivity index (χ2v) is 5.06. The Bertz CT molecular complexity index is 659. The Hall–Kier alpha value is -1.95. The monoisotopic (exact) mass is 336 g/mol. The quantitative estimate of drug-likeness (QED) is 0.923. The van der Waals surface area contributed by atoms with Crippen molar-refractivity contribution < 1.29 is 14.6 Å². The number of ether oxygens (including phenoxy) is 1. The maximum atomic E-state index is 11.2. The molecule has 2 aromatic rings. The van der Waals surface area contributed by atoms with Crippen LogP contribution in [0.4, 0.5) is 0 Å². The Morgan fingerprint density at radius 1 is 1.35 bits per heavy atom. The number of carboxylic acid groups (broad SMARTS) is 1. The molecule has 0 aliphatic rings. The molecule has 0 aliphatic carbocycles. The zero-order chi connectivity index (χ0) is 14.7. The number of hydrogen-bond donors (Lipinski definition) is 1. The number of aromatic nitrogens is 2. The zero-order valence-corrected chi connectivity index (χ0v) is 12.6. The van der Waals surface area contributed by atoms with Crippen molar-refractivity contribution in [3.63, 3.8) is 0 Å². The smallest absolute Gasteiger partial charge is 0.339 e. The third kappa shape index (κ3) is 3.33. The molecule has 20 heavy (non-hydrogen) atoms. The minimum absolute atomic E-state index is 0.0857. The fourth-order valence-electron chi connectivity index (χ4n) is 1.70. The molecule has 0 unspecified atom stereocenters. The summed E-state index contributed by atoms with van der Waals surface area (Å²) in [5.74, 6) is 0.127. The summed E-state index contributed by atoms with van der Waals surface area (Å²) in [6.07, 6.45) is 0.754. The van der Waals surface area contributed by atoms with E-state index in [1.54, 1.807) is 25.1 Å². The highest BCUT2D eigenvalue weighted by Crippen LogP contribution is 2.28. The lowest BCUT2D eigenvalue weighted by atomic mass is 10.2. The molecule has 0 bridgehead atoms. The number of aryl methyl sites for hydroxylation is 2. The highest BCUT2D eigenvalue weighted by Gasteiger charge is 2.13. The summed E-state index contributed by atoms with van der Waals surface area (Å²) in [5.41, 5.74) is 0.932. The van der Waals surface area contributed by atoms with E-state index in [1.165, 1.54) is 6.07 Å². The molecule has 1 N–H and O–H groups in total. The van der Waals surface area contributed by atoms with Gasteiger partial charge in [0.1, 0.15) is 17.1 Å². The molecule has 0 radical (unpaired) electrons. The van der Waals surface area contributed by atoms with E-state index in [2.05, 4.69) is 25.9 Å². The van der Waals surface area contributed by atoms with Gasteiger partial charge in [-0.3, -0.25) is 0 Å². The van der Waals surface area contributed by atoms with Crippen LogP contribution in [0.5, 0.6) is 11.6 Å². The van der Waals surface area contributed by atoms with Gasteiger partial charge in [0.15, 0.2) is 0 Å². The molecule has 1 aromatic heterocycles. The molecule has 104 valence electrons. The topological polar surface area (TPSA) is 72.3 Å². The molecule has 1 aromatic carbocycles. The Balaban J connectivity index is 2.41. The third-order valence-electron chi connectivity index (χ3n) is 2.62. The summed E-state index contributed by atoms with van der Waals surface area (Å²) in [7, 11) is 0. The van der Waals surface area contributed by atoms with E-state index < -0.39 is 5.97 Å². The minimum Gasteiger partial charge on any atom is -0.478 e. The molecule has 0 amide bonds. The summed E-state index contributed by atoms with van der Waals surface area (Å²) in [5, 5.41) is 9.16. The maximum Gasteiger partial charge on any atom is 0.339 e. The summed E-state index contributed by atoms with van der Waals surface area (Å²) < 4.78 is 6.35. The van der Waals surface area contributed by atoms with Crippen molar-refractivity contribution in [3.8, 4) is 11.6 Å². The molecular weight excluding hydrogens is 324 g/mol. The lowest BCUT2D eigenvalue weighted by Gasteiger charge is -2.09. The summed E-state index contributed by atoms with van der Waals surface area (Å²) in [4.78, 5) is 19.6. The van der Waals surface area contributed by atoms with Gasteiger partial charge in [0.2, 0.25) is 5.88 Å². The lowest BCUT2D eigenvalue weighted by molar-refractivity contribution is 0.0694. The van der Waals surface area contributed by atoms with E-state index in [9.17, 15) is 4.79 Å². The predicted molar refractivity (Wildman–Crippen MR) is 77.3 cm³/mol. The largest absolute Gasteiger partial charge is 0.478 e. The zero-order valence-electron chi connectivity index (χ0n) is 11.1. The molecule has 0 spiro atoms. The van der Waals surface area contributed by atoms with Gasteiger partial charge in [-0.15, -0.1) is 0 Å². The average molecular weight is 337 g/mol. The third-order valence-corrected chi connectivity index (χ3v) is 3.11. The van der Waals surface area contributed by atoms with Gasteiger partial charge < -0.3 is 9.84 Å². The number of benzene rings is 1. The molecule has 0 saturated heterocycles. The van der Waals surface area contributed by atoms with E-state index in [-0.39, 0.29) is 11.3 Å². The highest BCUT2D eigenvalue weighted by molar-refractivity contribution is 9.10. The molecule has 0 saturated carbocycles. The number of aromatic carboxylic acids is 1. The molecule has 1 heterocycles. The van der Waals surface area contributed by atoms with Crippen molar-refractivity contribution >= 4 is 21.9 Å². The van der Waals surface area contributed by atoms with Gasteiger partial charge in [-0.25, -0.2) is 9.78 Å². The Morgan fingerprint density at radius 2 is 2.10 bits per heavy atom. The first-order valence-corrected chi connectivity index (χ1v) is 6.84. The van der Waals surface area contributed by atoms with Crippen LogP contribution in [0.15, 0.2) is 28.7 Å². The van der Waals surface area contributed by atoms with Crippen LogP contribution in [0.25, 0.3) is 0 Å². The van der Waals surface area contributed by atoms with Gasteiger partial charge >= 0.3 is 5.97 Å². The van der Waals surface area contributed by atoms with Gasteiger partial charge in [-0.05, 0) is 31.5 Å². The van der Waals surface area contributed by atoms with Crippen LogP contribution in [0, 0.1) is 6.92 Å². The molecule has 5 nitrogen and oxygen atoms in total. The first-order chi connectivity index (χ1) is 9.49.